The fourth-order valence-corrected chi connectivity index (χ4v) is 3.18. The Labute approximate surface area is 137 Å². The molecule has 0 saturated carbocycles. The Kier molecular flexibility index (Phi) is 4.93. The largest absolute Gasteiger partial charge is 0.371 e. The minimum Gasteiger partial charge on any atom is -0.371 e. The first-order chi connectivity index (χ1) is 11.3. The summed E-state index contributed by atoms with van der Waals surface area (Å²) in [5.74, 6) is -0.331. The molecule has 0 spiro atoms. The molecule has 2 aromatic carbocycles. The molecule has 1 aliphatic heterocycles. The Bertz CT molecular complexity index is 657. The summed E-state index contributed by atoms with van der Waals surface area (Å²) in [4.78, 5) is 14.1. The Morgan fingerprint density at radius 1 is 1.13 bits per heavy atom. The minimum atomic E-state index is -0.415. The number of hydrogen-bond acceptors (Lipinski definition) is 3. The van der Waals surface area contributed by atoms with Crippen LogP contribution in [-0.2, 0) is 11.2 Å². The van der Waals surface area contributed by atoms with E-state index >= 15 is 0 Å². The number of para-hydroxylation sites is 1. The Morgan fingerprint density at radius 2 is 1.87 bits per heavy atom. The first kappa shape index (κ1) is 15.6. The van der Waals surface area contributed by atoms with Gasteiger partial charge in [0, 0.05) is 18.8 Å². The van der Waals surface area contributed by atoms with Gasteiger partial charge in [0.25, 0.3) is 0 Å². The number of nitrogens with one attached hydrogen (secondary N) is 1. The maximum absolute atomic E-state index is 11.7. The number of benzene rings is 2. The molecule has 1 amide bonds. The summed E-state index contributed by atoms with van der Waals surface area (Å²) in [6, 6.07) is 17.8. The van der Waals surface area contributed by atoms with Crippen LogP contribution >= 0.6 is 0 Å². The van der Waals surface area contributed by atoms with Crippen LogP contribution in [0.3, 0.4) is 0 Å². The molecule has 0 radical (unpaired) electrons. The number of hydrogen-bond donors (Lipinski definition) is 2. The molecule has 0 bridgehead atoms. The molecule has 23 heavy (non-hydrogen) atoms. The Balaban J connectivity index is 1.50. The van der Waals surface area contributed by atoms with E-state index in [-0.39, 0.29) is 5.91 Å². The van der Waals surface area contributed by atoms with E-state index in [1.807, 2.05) is 30.3 Å². The zero-order chi connectivity index (χ0) is 16.1. The van der Waals surface area contributed by atoms with Gasteiger partial charge in [-0.15, -0.1) is 0 Å². The molecule has 0 unspecified atom stereocenters. The van der Waals surface area contributed by atoms with Gasteiger partial charge in [-0.2, -0.15) is 0 Å². The van der Waals surface area contributed by atoms with Crippen molar-refractivity contribution in [3.8, 4) is 0 Å². The molecule has 3 rings (SSSR count). The van der Waals surface area contributed by atoms with Gasteiger partial charge in [0.15, 0.2) is 0 Å². The molecule has 1 atom stereocenters. The molecule has 2 aromatic rings. The molecular weight excluding hydrogens is 286 g/mol. The molecule has 120 valence electrons. The van der Waals surface area contributed by atoms with E-state index in [1.165, 1.54) is 11.3 Å². The van der Waals surface area contributed by atoms with Gasteiger partial charge in [0.05, 0.1) is 0 Å². The van der Waals surface area contributed by atoms with Crippen molar-refractivity contribution in [1.82, 2.24) is 5.32 Å². The molecule has 0 aliphatic carbocycles. The standard InChI is InChI=1S/C19H23N3O/c20-19(23)18(16-8-2-1-3-9-16)21-12-6-13-22-14-11-15-7-4-5-10-17(15)22/h1-5,7-10,18,21H,6,11-14H2,(H2,20,23)/t18-/m1/s1. The highest BCUT2D eigenvalue weighted by Gasteiger charge is 2.19. The van der Waals surface area contributed by atoms with E-state index in [4.69, 9.17) is 5.73 Å². The molecule has 0 aromatic heterocycles. The van der Waals surface area contributed by atoms with E-state index in [1.54, 1.807) is 0 Å². The lowest BCUT2D eigenvalue weighted by Crippen LogP contribution is -2.35. The maximum Gasteiger partial charge on any atom is 0.239 e. The number of carbonyl (C=O) groups is 1. The molecule has 0 saturated heterocycles. The molecule has 1 heterocycles. The predicted molar refractivity (Wildman–Crippen MR) is 93.4 cm³/mol. The van der Waals surface area contributed by atoms with E-state index in [0.29, 0.717) is 0 Å². The lowest BCUT2D eigenvalue weighted by Gasteiger charge is -2.21. The van der Waals surface area contributed by atoms with Gasteiger partial charge in [-0.25, -0.2) is 0 Å². The maximum atomic E-state index is 11.7. The van der Waals surface area contributed by atoms with Crippen molar-refractivity contribution in [2.45, 2.75) is 18.9 Å². The number of nitrogens with two attached hydrogens (primary N) is 1. The predicted octanol–water partition coefficient (Wildman–Crippen LogP) is 2.26. The second-order valence-corrected chi connectivity index (χ2v) is 5.92. The smallest absolute Gasteiger partial charge is 0.239 e. The summed E-state index contributed by atoms with van der Waals surface area (Å²) in [6.45, 7) is 2.84. The lowest BCUT2D eigenvalue weighted by molar-refractivity contribution is -0.120. The van der Waals surface area contributed by atoms with Gasteiger partial charge in [0.2, 0.25) is 5.91 Å². The van der Waals surface area contributed by atoms with Crippen LogP contribution in [0.4, 0.5) is 5.69 Å². The zero-order valence-electron chi connectivity index (χ0n) is 13.2. The van der Waals surface area contributed by atoms with Gasteiger partial charge >= 0.3 is 0 Å². The second kappa shape index (κ2) is 7.29. The van der Waals surface area contributed by atoms with E-state index in [2.05, 4.69) is 34.5 Å². The minimum absolute atomic E-state index is 0.331. The van der Waals surface area contributed by atoms with Gasteiger partial charge < -0.3 is 16.0 Å². The molecular formula is C19H23N3O. The second-order valence-electron chi connectivity index (χ2n) is 5.92. The fourth-order valence-electron chi connectivity index (χ4n) is 3.18. The van der Waals surface area contributed by atoms with Crippen LogP contribution in [0.15, 0.2) is 54.6 Å². The number of rotatable bonds is 7. The third-order valence-corrected chi connectivity index (χ3v) is 4.35. The monoisotopic (exact) mass is 309 g/mol. The summed E-state index contributed by atoms with van der Waals surface area (Å²) in [7, 11) is 0. The number of amides is 1. The van der Waals surface area contributed by atoms with Gasteiger partial charge in [-0.3, -0.25) is 4.79 Å². The van der Waals surface area contributed by atoms with Crippen molar-refractivity contribution < 1.29 is 4.79 Å². The van der Waals surface area contributed by atoms with Crippen LogP contribution in [0, 0.1) is 0 Å². The van der Waals surface area contributed by atoms with Crippen LogP contribution in [0.25, 0.3) is 0 Å². The summed E-state index contributed by atoms with van der Waals surface area (Å²) < 4.78 is 0. The molecule has 4 nitrogen and oxygen atoms in total. The van der Waals surface area contributed by atoms with Crippen LogP contribution in [0.1, 0.15) is 23.6 Å². The van der Waals surface area contributed by atoms with Gasteiger partial charge in [0.1, 0.15) is 6.04 Å². The van der Waals surface area contributed by atoms with Crippen LogP contribution in [0.5, 0.6) is 0 Å². The van der Waals surface area contributed by atoms with Crippen LogP contribution < -0.4 is 16.0 Å². The average Bonchev–Trinajstić information content (AvgIpc) is 2.98. The van der Waals surface area contributed by atoms with Crippen LogP contribution in [-0.4, -0.2) is 25.5 Å². The molecule has 3 N–H and O–H groups in total. The number of fused-ring (bicyclic) bond motifs is 1. The molecule has 0 fully saturated rings. The lowest BCUT2D eigenvalue weighted by atomic mass is 10.1. The number of primary amides is 1. The Hall–Kier alpha value is -2.33. The number of anilines is 1. The van der Waals surface area contributed by atoms with Gasteiger partial charge in [-0.1, -0.05) is 48.5 Å². The normalized spacial score (nSPS) is 14.5. The molecule has 4 heteroatoms. The third-order valence-electron chi connectivity index (χ3n) is 4.35. The van der Waals surface area contributed by atoms with Crippen molar-refractivity contribution in [3.05, 3.63) is 65.7 Å². The number of carbonyl (C=O) groups excluding carboxylic acids is 1. The quantitative estimate of drug-likeness (QED) is 0.771. The van der Waals surface area contributed by atoms with Crippen molar-refractivity contribution in [1.29, 1.82) is 0 Å². The van der Waals surface area contributed by atoms with E-state index in [0.717, 1.165) is 38.0 Å². The SMILES string of the molecule is NC(=O)[C@H](NCCCN1CCc2ccccc21)c1ccccc1. The highest BCUT2D eigenvalue weighted by molar-refractivity contribution is 5.81. The topological polar surface area (TPSA) is 58.4 Å². The fraction of sp³-hybridized carbons (Fsp3) is 0.316. The van der Waals surface area contributed by atoms with Crippen molar-refractivity contribution in [3.63, 3.8) is 0 Å². The van der Waals surface area contributed by atoms with Gasteiger partial charge in [-0.05, 0) is 36.6 Å². The zero-order valence-corrected chi connectivity index (χ0v) is 13.2. The van der Waals surface area contributed by atoms with E-state index < -0.39 is 6.04 Å². The summed E-state index contributed by atoms with van der Waals surface area (Å²) in [5.41, 5.74) is 9.23. The summed E-state index contributed by atoms with van der Waals surface area (Å²) in [5, 5.41) is 3.28. The Morgan fingerprint density at radius 3 is 2.65 bits per heavy atom. The third kappa shape index (κ3) is 3.71. The first-order valence-electron chi connectivity index (χ1n) is 8.16. The van der Waals surface area contributed by atoms with Crippen LogP contribution in [0.2, 0.25) is 0 Å². The van der Waals surface area contributed by atoms with Crippen molar-refractivity contribution in [2.24, 2.45) is 5.73 Å². The summed E-state index contributed by atoms with van der Waals surface area (Å²) >= 11 is 0. The number of nitrogens with zero attached hydrogens (tertiary/aromatic N) is 1. The first-order valence-corrected chi connectivity index (χ1v) is 8.16. The molecule has 1 aliphatic rings. The average molecular weight is 309 g/mol. The summed E-state index contributed by atoms with van der Waals surface area (Å²) in [6.07, 6.45) is 2.10. The highest BCUT2D eigenvalue weighted by Crippen LogP contribution is 2.27. The highest BCUT2D eigenvalue weighted by atomic mass is 16.1. The van der Waals surface area contributed by atoms with E-state index in [9.17, 15) is 4.79 Å². The van der Waals surface area contributed by atoms with Crippen molar-refractivity contribution >= 4 is 11.6 Å². The van der Waals surface area contributed by atoms with Crippen molar-refractivity contribution in [2.75, 3.05) is 24.5 Å².